The summed E-state index contributed by atoms with van der Waals surface area (Å²) in [5, 5.41) is 2.84. The number of rotatable bonds is 6. The molecule has 2 heterocycles. The largest absolute Gasteiger partial charge is 0.339 e. The second-order valence-electron chi connectivity index (χ2n) is 7.52. The Hall–Kier alpha value is -4.00. The van der Waals surface area contributed by atoms with Gasteiger partial charge in [0.15, 0.2) is 0 Å². The SMILES string of the molecule is O=C(/C=C/c1ccccc1)Nc1ccc(CC(=O)N2CCN(c3ncccn3)CC2)cc1. The van der Waals surface area contributed by atoms with E-state index in [9.17, 15) is 9.59 Å². The third kappa shape index (κ3) is 5.78. The molecule has 0 radical (unpaired) electrons. The molecule has 2 aromatic carbocycles. The number of nitrogens with zero attached hydrogens (tertiary/aromatic N) is 4. The van der Waals surface area contributed by atoms with Crippen LogP contribution in [-0.2, 0) is 16.0 Å². The first-order valence-electron chi connectivity index (χ1n) is 10.6. The third-order valence-electron chi connectivity index (χ3n) is 5.27. The minimum Gasteiger partial charge on any atom is -0.339 e. The number of amides is 2. The molecule has 3 aromatic rings. The van der Waals surface area contributed by atoms with Crippen molar-refractivity contribution >= 4 is 29.5 Å². The maximum Gasteiger partial charge on any atom is 0.248 e. The molecule has 2 amide bonds. The van der Waals surface area contributed by atoms with Crippen molar-refractivity contribution in [1.29, 1.82) is 0 Å². The van der Waals surface area contributed by atoms with E-state index < -0.39 is 0 Å². The summed E-state index contributed by atoms with van der Waals surface area (Å²) < 4.78 is 0. The Kier molecular flexibility index (Phi) is 6.87. The van der Waals surface area contributed by atoms with Gasteiger partial charge in [0.2, 0.25) is 17.8 Å². The van der Waals surface area contributed by atoms with E-state index >= 15 is 0 Å². The number of hydrogen-bond donors (Lipinski definition) is 1. The second-order valence-corrected chi connectivity index (χ2v) is 7.52. The van der Waals surface area contributed by atoms with E-state index in [-0.39, 0.29) is 11.8 Å². The van der Waals surface area contributed by atoms with Crippen LogP contribution in [0.5, 0.6) is 0 Å². The zero-order valence-corrected chi connectivity index (χ0v) is 17.7. The first-order chi connectivity index (χ1) is 15.7. The molecular formula is C25H25N5O2. The molecule has 7 heteroatoms. The summed E-state index contributed by atoms with van der Waals surface area (Å²) >= 11 is 0. The number of nitrogens with one attached hydrogen (secondary N) is 1. The zero-order chi connectivity index (χ0) is 22.2. The van der Waals surface area contributed by atoms with E-state index in [1.807, 2.05) is 59.5 Å². The lowest BCUT2D eigenvalue weighted by Crippen LogP contribution is -2.49. The summed E-state index contributed by atoms with van der Waals surface area (Å²) in [5.41, 5.74) is 2.58. The molecule has 1 aromatic heterocycles. The van der Waals surface area contributed by atoms with Crippen LogP contribution in [0.25, 0.3) is 6.08 Å². The molecule has 0 aliphatic carbocycles. The van der Waals surface area contributed by atoms with Crippen molar-refractivity contribution in [2.24, 2.45) is 0 Å². The van der Waals surface area contributed by atoms with Crippen LogP contribution in [0.4, 0.5) is 11.6 Å². The molecule has 1 fully saturated rings. The Bertz CT molecular complexity index is 1060. The Morgan fingerprint density at radius 2 is 1.56 bits per heavy atom. The van der Waals surface area contributed by atoms with Gasteiger partial charge in [-0.25, -0.2) is 9.97 Å². The average molecular weight is 428 g/mol. The maximum absolute atomic E-state index is 12.7. The molecule has 162 valence electrons. The molecule has 1 aliphatic heterocycles. The minimum atomic E-state index is -0.196. The fourth-order valence-electron chi connectivity index (χ4n) is 3.52. The van der Waals surface area contributed by atoms with Crippen molar-refractivity contribution in [2.75, 3.05) is 36.4 Å². The number of hydrogen-bond acceptors (Lipinski definition) is 5. The number of aromatic nitrogens is 2. The summed E-state index contributed by atoms with van der Waals surface area (Å²) in [6.07, 6.45) is 7.07. The lowest BCUT2D eigenvalue weighted by molar-refractivity contribution is -0.130. The highest BCUT2D eigenvalue weighted by atomic mass is 16.2. The highest BCUT2D eigenvalue weighted by Gasteiger charge is 2.22. The van der Waals surface area contributed by atoms with Crippen molar-refractivity contribution in [3.8, 4) is 0 Å². The van der Waals surface area contributed by atoms with Gasteiger partial charge in [-0.2, -0.15) is 0 Å². The van der Waals surface area contributed by atoms with Gasteiger partial charge in [-0.3, -0.25) is 9.59 Å². The lowest BCUT2D eigenvalue weighted by atomic mass is 10.1. The standard InChI is InChI=1S/C25H25N5O2/c31-23(12-9-20-5-2-1-3-6-20)28-22-10-7-21(8-11-22)19-24(32)29-15-17-30(18-16-29)25-26-13-4-14-27-25/h1-14H,15-19H2,(H,28,31)/b12-9+. The van der Waals surface area contributed by atoms with Gasteiger partial charge in [0.1, 0.15) is 0 Å². The van der Waals surface area contributed by atoms with Crippen LogP contribution in [-0.4, -0.2) is 52.9 Å². The molecule has 1 saturated heterocycles. The Morgan fingerprint density at radius 1 is 0.875 bits per heavy atom. The maximum atomic E-state index is 12.7. The van der Waals surface area contributed by atoms with Crippen LogP contribution < -0.4 is 10.2 Å². The fourth-order valence-corrected chi connectivity index (χ4v) is 3.52. The van der Waals surface area contributed by atoms with E-state index in [4.69, 9.17) is 0 Å². The fraction of sp³-hybridized carbons (Fsp3) is 0.200. The first kappa shape index (κ1) is 21.2. The van der Waals surface area contributed by atoms with Crippen molar-refractivity contribution in [3.05, 3.63) is 90.3 Å². The predicted molar refractivity (Wildman–Crippen MR) is 125 cm³/mol. The van der Waals surface area contributed by atoms with Gasteiger partial charge in [0.25, 0.3) is 0 Å². The summed E-state index contributed by atoms with van der Waals surface area (Å²) in [6.45, 7) is 2.74. The number of carbonyl (C=O) groups is 2. The first-order valence-corrected chi connectivity index (χ1v) is 10.6. The lowest BCUT2D eigenvalue weighted by Gasteiger charge is -2.34. The Morgan fingerprint density at radius 3 is 2.25 bits per heavy atom. The molecule has 0 bridgehead atoms. The molecule has 7 nitrogen and oxygen atoms in total. The number of anilines is 2. The quantitative estimate of drug-likeness (QED) is 0.612. The normalized spacial score (nSPS) is 13.9. The van der Waals surface area contributed by atoms with Crippen LogP contribution in [0.2, 0.25) is 0 Å². The molecule has 4 rings (SSSR count). The monoisotopic (exact) mass is 427 g/mol. The van der Waals surface area contributed by atoms with Crippen molar-refractivity contribution in [1.82, 2.24) is 14.9 Å². The van der Waals surface area contributed by atoms with Gasteiger partial charge in [0.05, 0.1) is 6.42 Å². The van der Waals surface area contributed by atoms with Gasteiger partial charge >= 0.3 is 0 Å². The topological polar surface area (TPSA) is 78.4 Å². The Balaban J connectivity index is 1.25. The van der Waals surface area contributed by atoms with E-state index in [2.05, 4.69) is 20.2 Å². The Labute approximate surface area is 187 Å². The van der Waals surface area contributed by atoms with Crippen LogP contribution in [0.1, 0.15) is 11.1 Å². The van der Waals surface area contributed by atoms with Crippen LogP contribution >= 0.6 is 0 Å². The van der Waals surface area contributed by atoms with E-state index in [1.54, 1.807) is 24.5 Å². The highest BCUT2D eigenvalue weighted by Crippen LogP contribution is 2.14. The van der Waals surface area contributed by atoms with E-state index in [1.165, 1.54) is 6.08 Å². The van der Waals surface area contributed by atoms with Gasteiger partial charge in [-0.1, -0.05) is 42.5 Å². The van der Waals surface area contributed by atoms with Gasteiger partial charge in [0, 0.05) is 50.3 Å². The highest BCUT2D eigenvalue weighted by molar-refractivity contribution is 6.01. The molecule has 0 atom stereocenters. The van der Waals surface area contributed by atoms with Crippen LogP contribution in [0.3, 0.4) is 0 Å². The summed E-state index contributed by atoms with van der Waals surface area (Å²) in [5.74, 6) is 0.606. The van der Waals surface area contributed by atoms with Crippen molar-refractivity contribution in [2.45, 2.75) is 6.42 Å². The number of carbonyl (C=O) groups excluding carboxylic acids is 2. The van der Waals surface area contributed by atoms with Crippen molar-refractivity contribution < 1.29 is 9.59 Å². The summed E-state index contributed by atoms with van der Waals surface area (Å²) in [7, 11) is 0. The molecule has 0 spiro atoms. The molecule has 1 aliphatic rings. The molecule has 32 heavy (non-hydrogen) atoms. The number of benzene rings is 2. The van der Waals surface area contributed by atoms with Gasteiger partial charge in [-0.05, 0) is 35.4 Å². The second kappa shape index (κ2) is 10.3. The van der Waals surface area contributed by atoms with E-state index in [0.29, 0.717) is 31.1 Å². The van der Waals surface area contributed by atoms with Gasteiger partial charge in [-0.15, -0.1) is 0 Å². The average Bonchev–Trinajstić information content (AvgIpc) is 2.85. The van der Waals surface area contributed by atoms with E-state index in [0.717, 1.165) is 24.2 Å². The zero-order valence-electron chi connectivity index (χ0n) is 17.7. The number of piperazine rings is 1. The van der Waals surface area contributed by atoms with Crippen LogP contribution in [0, 0.1) is 0 Å². The molecule has 1 N–H and O–H groups in total. The summed E-state index contributed by atoms with van der Waals surface area (Å²) in [4.78, 5) is 37.3. The summed E-state index contributed by atoms with van der Waals surface area (Å²) in [6, 6.07) is 18.8. The predicted octanol–water partition coefficient (Wildman–Crippen LogP) is 3.02. The molecule has 0 saturated carbocycles. The minimum absolute atomic E-state index is 0.0983. The van der Waals surface area contributed by atoms with Crippen molar-refractivity contribution in [3.63, 3.8) is 0 Å². The molecule has 0 unspecified atom stereocenters. The smallest absolute Gasteiger partial charge is 0.248 e. The molecular weight excluding hydrogens is 402 g/mol. The van der Waals surface area contributed by atoms with Crippen LogP contribution in [0.15, 0.2) is 79.1 Å². The van der Waals surface area contributed by atoms with Gasteiger partial charge < -0.3 is 15.1 Å². The third-order valence-corrected chi connectivity index (χ3v) is 5.27.